The average molecular weight is 388 g/mol. The first kappa shape index (κ1) is 19.2. The fourth-order valence-electron chi connectivity index (χ4n) is 3.80. The van der Waals surface area contributed by atoms with Crippen molar-refractivity contribution in [1.82, 2.24) is 9.97 Å². The fraction of sp³-hybridized carbons (Fsp3) is 0.333. The quantitative estimate of drug-likeness (QED) is 0.635. The lowest BCUT2D eigenvalue weighted by molar-refractivity contribution is 0.638. The van der Waals surface area contributed by atoms with Gasteiger partial charge < -0.3 is 14.7 Å². The Hall–Kier alpha value is -3.08. The topological polar surface area (TPSA) is 35.5 Å². The molecule has 0 radical (unpaired) electrons. The standard InChI is InChI=1S/C24H29N5/c1-3-27(19-21-10-6-4-7-11-21)23-18-20(2)25-24(26-23)29-16-14-28(15-17-29)22-12-8-5-9-13-22/h4-13,18H,3,14-17,19H2,1-2H3. The number of piperazine rings is 1. The third-order valence-electron chi connectivity index (χ3n) is 5.43. The second-order valence-corrected chi connectivity index (χ2v) is 7.48. The Morgan fingerprint density at radius 3 is 2.10 bits per heavy atom. The number of hydrogen-bond acceptors (Lipinski definition) is 5. The van der Waals surface area contributed by atoms with E-state index in [1.807, 2.05) is 0 Å². The molecule has 5 heteroatoms. The van der Waals surface area contributed by atoms with Gasteiger partial charge in [-0.05, 0) is 31.5 Å². The van der Waals surface area contributed by atoms with Crippen molar-refractivity contribution < 1.29 is 0 Å². The van der Waals surface area contributed by atoms with Crippen LogP contribution < -0.4 is 14.7 Å². The third kappa shape index (κ3) is 4.67. The number of anilines is 3. The summed E-state index contributed by atoms with van der Waals surface area (Å²) in [5, 5.41) is 0. The molecule has 0 unspecified atom stereocenters. The van der Waals surface area contributed by atoms with Crippen molar-refractivity contribution in [3.05, 3.63) is 78.0 Å². The van der Waals surface area contributed by atoms with Gasteiger partial charge in [0.2, 0.25) is 5.95 Å². The van der Waals surface area contributed by atoms with E-state index in [0.717, 1.165) is 56.7 Å². The maximum atomic E-state index is 4.94. The minimum atomic E-state index is 0.847. The van der Waals surface area contributed by atoms with E-state index in [4.69, 9.17) is 9.97 Å². The zero-order valence-electron chi connectivity index (χ0n) is 17.3. The first-order valence-electron chi connectivity index (χ1n) is 10.4. The van der Waals surface area contributed by atoms with Crippen molar-refractivity contribution in [2.24, 2.45) is 0 Å². The van der Waals surface area contributed by atoms with Crippen LogP contribution in [0.25, 0.3) is 0 Å². The molecule has 0 atom stereocenters. The smallest absolute Gasteiger partial charge is 0.227 e. The lowest BCUT2D eigenvalue weighted by atomic mass is 10.2. The molecule has 29 heavy (non-hydrogen) atoms. The minimum Gasteiger partial charge on any atom is -0.368 e. The first-order valence-corrected chi connectivity index (χ1v) is 10.4. The van der Waals surface area contributed by atoms with Crippen LogP contribution in [0, 0.1) is 6.92 Å². The van der Waals surface area contributed by atoms with E-state index in [1.54, 1.807) is 0 Å². The molecule has 150 valence electrons. The summed E-state index contributed by atoms with van der Waals surface area (Å²) < 4.78 is 0. The second-order valence-electron chi connectivity index (χ2n) is 7.48. The summed E-state index contributed by atoms with van der Waals surface area (Å²) in [6.45, 7) is 9.84. The zero-order valence-corrected chi connectivity index (χ0v) is 17.3. The number of aromatic nitrogens is 2. The van der Waals surface area contributed by atoms with Crippen molar-refractivity contribution in [2.45, 2.75) is 20.4 Å². The number of hydrogen-bond donors (Lipinski definition) is 0. The maximum absolute atomic E-state index is 4.94. The highest BCUT2D eigenvalue weighted by molar-refractivity contribution is 5.50. The molecular weight excluding hydrogens is 358 g/mol. The van der Waals surface area contributed by atoms with Crippen LogP contribution in [0.5, 0.6) is 0 Å². The van der Waals surface area contributed by atoms with Gasteiger partial charge in [0.05, 0.1) is 0 Å². The van der Waals surface area contributed by atoms with Gasteiger partial charge in [-0.1, -0.05) is 48.5 Å². The lowest BCUT2D eigenvalue weighted by Gasteiger charge is -2.36. The Morgan fingerprint density at radius 2 is 1.45 bits per heavy atom. The van der Waals surface area contributed by atoms with Gasteiger partial charge in [0.15, 0.2) is 0 Å². The van der Waals surface area contributed by atoms with Crippen LogP contribution in [-0.4, -0.2) is 42.7 Å². The van der Waals surface area contributed by atoms with Crippen molar-refractivity contribution in [1.29, 1.82) is 0 Å². The summed E-state index contributed by atoms with van der Waals surface area (Å²) in [4.78, 5) is 16.7. The van der Waals surface area contributed by atoms with Crippen LogP contribution >= 0.6 is 0 Å². The molecule has 1 aromatic heterocycles. The number of aryl methyl sites for hydroxylation is 1. The molecule has 0 amide bonds. The van der Waals surface area contributed by atoms with Crippen molar-refractivity contribution in [3.8, 4) is 0 Å². The van der Waals surface area contributed by atoms with Gasteiger partial charge in [-0.25, -0.2) is 4.98 Å². The highest BCUT2D eigenvalue weighted by atomic mass is 15.3. The lowest BCUT2D eigenvalue weighted by Crippen LogP contribution is -2.47. The summed E-state index contributed by atoms with van der Waals surface area (Å²) >= 11 is 0. The van der Waals surface area contributed by atoms with E-state index in [9.17, 15) is 0 Å². The largest absolute Gasteiger partial charge is 0.368 e. The molecule has 5 nitrogen and oxygen atoms in total. The Bertz CT molecular complexity index is 905. The molecular formula is C24H29N5. The molecule has 2 aromatic carbocycles. The van der Waals surface area contributed by atoms with E-state index in [-0.39, 0.29) is 0 Å². The predicted molar refractivity (Wildman–Crippen MR) is 121 cm³/mol. The minimum absolute atomic E-state index is 0.847. The number of benzene rings is 2. The molecule has 0 N–H and O–H groups in total. The number of nitrogens with zero attached hydrogens (tertiary/aromatic N) is 5. The van der Waals surface area contributed by atoms with Gasteiger partial charge in [-0.15, -0.1) is 0 Å². The zero-order chi connectivity index (χ0) is 20.1. The summed E-state index contributed by atoms with van der Waals surface area (Å²) in [6.07, 6.45) is 0. The Labute approximate surface area is 173 Å². The van der Waals surface area contributed by atoms with Gasteiger partial charge in [0.1, 0.15) is 5.82 Å². The van der Waals surface area contributed by atoms with Crippen molar-refractivity contribution in [2.75, 3.05) is 47.4 Å². The normalized spacial score (nSPS) is 14.1. The van der Waals surface area contributed by atoms with Gasteiger partial charge in [0, 0.05) is 56.7 Å². The second kappa shape index (κ2) is 8.95. The molecule has 0 spiro atoms. The van der Waals surface area contributed by atoms with E-state index in [2.05, 4.69) is 95.3 Å². The van der Waals surface area contributed by atoms with Gasteiger partial charge >= 0.3 is 0 Å². The van der Waals surface area contributed by atoms with Gasteiger partial charge in [-0.2, -0.15) is 4.98 Å². The van der Waals surface area contributed by atoms with Crippen LogP contribution in [0.2, 0.25) is 0 Å². The van der Waals surface area contributed by atoms with Crippen molar-refractivity contribution >= 4 is 17.5 Å². The first-order chi connectivity index (χ1) is 14.2. The summed E-state index contributed by atoms with van der Waals surface area (Å²) in [5.74, 6) is 1.85. The monoisotopic (exact) mass is 387 g/mol. The van der Waals surface area contributed by atoms with Crippen LogP contribution in [-0.2, 0) is 6.54 Å². The van der Waals surface area contributed by atoms with E-state index in [0.29, 0.717) is 0 Å². The van der Waals surface area contributed by atoms with Crippen LogP contribution in [0.1, 0.15) is 18.2 Å². The molecule has 1 aliphatic heterocycles. The van der Waals surface area contributed by atoms with E-state index >= 15 is 0 Å². The summed E-state index contributed by atoms with van der Waals surface area (Å²) in [5.41, 5.74) is 3.60. The molecule has 3 aromatic rings. The SMILES string of the molecule is CCN(Cc1ccccc1)c1cc(C)nc(N2CCN(c3ccccc3)CC2)n1. The molecule has 1 saturated heterocycles. The molecule has 1 aliphatic rings. The third-order valence-corrected chi connectivity index (χ3v) is 5.43. The highest BCUT2D eigenvalue weighted by Crippen LogP contribution is 2.22. The predicted octanol–water partition coefficient (Wildman–Crippen LogP) is 4.14. The molecule has 1 fully saturated rings. The molecule has 0 aliphatic carbocycles. The molecule has 0 bridgehead atoms. The van der Waals surface area contributed by atoms with Crippen LogP contribution in [0.4, 0.5) is 17.5 Å². The fourth-order valence-corrected chi connectivity index (χ4v) is 3.80. The number of para-hydroxylation sites is 1. The van der Waals surface area contributed by atoms with E-state index < -0.39 is 0 Å². The number of rotatable bonds is 6. The molecule has 4 rings (SSSR count). The van der Waals surface area contributed by atoms with Crippen LogP contribution in [0.15, 0.2) is 66.7 Å². The highest BCUT2D eigenvalue weighted by Gasteiger charge is 2.20. The van der Waals surface area contributed by atoms with Crippen LogP contribution in [0.3, 0.4) is 0 Å². The Kier molecular flexibility index (Phi) is 5.94. The van der Waals surface area contributed by atoms with Gasteiger partial charge in [-0.3, -0.25) is 0 Å². The summed E-state index contributed by atoms with van der Waals surface area (Å²) in [6, 6.07) is 23.3. The molecule has 0 saturated carbocycles. The van der Waals surface area contributed by atoms with Crippen molar-refractivity contribution in [3.63, 3.8) is 0 Å². The van der Waals surface area contributed by atoms with E-state index in [1.165, 1.54) is 11.3 Å². The Balaban J connectivity index is 1.48. The maximum Gasteiger partial charge on any atom is 0.227 e. The average Bonchev–Trinajstić information content (AvgIpc) is 2.78. The summed E-state index contributed by atoms with van der Waals surface area (Å²) in [7, 11) is 0. The van der Waals surface area contributed by atoms with Gasteiger partial charge in [0.25, 0.3) is 0 Å². The Morgan fingerprint density at radius 1 is 0.828 bits per heavy atom. The molecule has 2 heterocycles.